The molecule has 0 aliphatic heterocycles. The number of hydrogen-bond acceptors (Lipinski definition) is 2. The van der Waals surface area contributed by atoms with Crippen LogP contribution in [0.2, 0.25) is 5.02 Å². The van der Waals surface area contributed by atoms with E-state index in [1.54, 1.807) is 11.8 Å². The van der Waals surface area contributed by atoms with Crippen molar-refractivity contribution < 1.29 is 4.79 Å². The van der Waals surface area contributed by atoms with Crippen molar-refractivity contribution in [1.82, 2.24) is 0 Å². The smallest absolute Gasteiger partial charge is 0.147 e. The van der Waals surface area contributed by atoms with Gasteiger partial charge in [0, 0.05) is 15.9 Å². The van der Waals surface area contributed by atoms with Gasteiger partial charge in [0.1, 0.15) is 5.78 Å². The SMILES string of the molecule is CCCSCC(=O)Cc1ccc(Br)cc1Cl. The van der Waals surface area contributed by atoms with E-state index >= 15 is 0 Å². The Kier molecular flexibility index (Phi) is 6.47. The maximum Gasteiger partial charge on any atom is 0.147 e. The minimum atomic E-state index is 0.239. The van der Waals surface area contributed by atoms with Crippen LogP contribution >= 0.6 is 39.3 Å². The van der Waals surface area contributed by atoms with Crippen LogP contribution < -0.4 is 0 Å². The lowest BCUT2D eigenvalue weighted by molar-refractivity contribution is -0.116. The predicted octanol–water partition coefficient (Wildman–Crippen LogP) is 4.36. The fourth-order valence-electron chi connectivity index (χ4n) is 1.26. The summed E-state index contributed by atoms with van der Waals surface area (Å²) in [5.41, 5.74) is 0.909. The molecule has 0 aliphatic carbocycles. The zero-order chi connectivity index (χ0) is 12.0. The molecule has 0 spiro atoms. The Morgan fingerprint density at radius 1 is 1.50 bits per heavy atom. The molecule has 16 heavy (non-hydrogen) atoms. The van der Waals surface area contributed by atoms with Gasteiger partial charge < -0.3 is 0 Å². The van der Waals surface area contributed by atoms with Gasteiger partial charge in [0.2, 0.25) is 0 Å². The van der Waals surface area contributed by atoms with Crippen LogP contribution in [-0.4, -0.2) is 17.3 Å². The van der Waals surface area contributed by atoms with Crippen LogP contribution in [0.1, 0.15) is 18.9 Å². The molecular weight excluding hydrogens is 308 g/mol. The van der Waals surface area contributed by atoms with Crippen LogP contribution in [0.25, 0.3) is 0 Å². The quantitative estimate of drug-likeness (QED) is 0.724. The first-order chi connectivity index (χ1) is 7.63. The van der Waals surface area contributed by atoms with E-state index in [4.69, 9.17) is 11.6 Å². The zero-order valence-corrected chi connectivity index (χ0v) is 12.3. The molecule has 0 aliphatic rings. The molecule has 88 valence electrons. The lowest BCUT2D eigenvalue weighted by atomic mass is 10.1. The zero-order valence-electron chi connectivity index (χ0n) is 9.13. The van der Waals surface area contributed by atoms with Gasteiger partial charge in [-0.25, -0.2) is 0 Å². The van der Waals surface area contributed by atoms with E-state index < -0.39 is 0 Å². The van der Waals surface area contributed by atoms with Gasteiger partial charge in [0.05, 0.1) is 5.75 Å². The Hall–Kier alpha value is 0.01000. The lowest BCUT2D eigenvalue weighted by Gasteiger charge is -2.04. The Morgan fingerprint density at radius 2 is 2.25 bits per heavy atom. The molecule has 0 aromatic heterocycles. The monoisotopic (exact) mass is 320 g/mol. The minimum absolute atomic E-state index is 0.239. The average molecular weight is 322 g/mol. The van der Waals surface area contributed by atoms with E-state index in [0.717, 1.165) is 22.2 Å². The second-order valence-electron chi connectivity index (χ2n) is 3.50. The summed E-state index contributed by atoms with van der Waals surface area (Å²) in [6, 6.07) is 5.63. The first kappa shape index (κ1) is 14.1. The van der Waals surface area contributed by atoms with Crippen molar-refractivity contribution in [3.63, 3.8) is 0 Å². The fraction of sp³-hybridized carbons (Fsp3) is 0.417. The van der Waals surface area contributed by atoms with Crippen molar-refractivity contribution in [1.29, 1.82) is 0 Å². The van der Waals surface area contributed by atoms with Crippen molar-refractivity contribution in [2.75, 3.05) is 11.5 Å². The minimum Gasteiger partial charge on any atom is -0.298 e. The second kappa shape index (κ2) is 7.36. The number of rotatable bonds is 6. The average Bonchev–Trinajstić information content (AvgIpc) is 2.23. The number of carbonyl (C=O) groups is 1. The number of thioether (sulfide) groups is 1. The van der Waals surface area contributed by atoms with Crippen LogP contribution in [-0.2, 0) is 11.2 Å². The van der Waals surface area contributed by atoms with Crippen LogP contribution in [0.3, 0.4) is 0 Å². The molecule has 1 nitrogen and oxygen atoms in total. The van der Waals surface area contributed by atoms with E-state index in [0.29, 0.717) is 17.2 Å². The summed E-state index contributed by atoms with van der Waals surface area (Å²) in [7, 11) is 0. The van der Waals surface area contributed by atoms with Gasteiger partial charge in [-0.05, 0) is 29.9 Å². The topological polar surface area (TPSA) is 17.1 Å². The number of halogens is 2. The summed E-state index contributed by atoms with van der Waals surface area (Å²) in [5.74, 6) is 1.86. The molecule has 0 atom stereocenters. The van der Waals surface area contributed by atoms with Gasteiger partial charge in [0.25, 0.3) is 0 Å². The summed E-state index contributed by atoms with van der Waals surface area (Å²) in [5, 5.41) is 0.656. The highest BCUT2D eigenvalue weighted by Gasteiger charge is 2.07. The number of carbonyl (C=O) groups excluding carboxylic acids is 1. The third-order valence-electron chi connectivity index (χ3n) is 2.01. The first-order valence-electron chi connectivity index (χ1n) is 5.17. The maximum atomic E-state index is 11.6. The van der Waals surface area contributed by atoms with E-state index in [1.807, 2.05) is 18.2 Å². The Bertz CT molecular complexity index is 368. The summed E-state index contributed by atoms with van der Waals surface area (Å²) in [4.78, 5) is 11.6. The van der Waals surface area contributed by atoms with Crippen LogP contribution in [0.5, 0.6) is 0 Å². The molecule has 1 rings (SSSR count). The molecular formula is C12H14BrClOS. The van der Waals surface area contributed by atoms with E-state index in [-0.39, 0.29) is 5.78 Å². The summed E-state index contributed by atoms with van der Waals surface area (Å²) < 4.78 is 0.939. The highest BCUT2D eigenvalue weighted by molar-refractivity contribution is 9.10. The molecule has 0 saturated heterocycles. The van der Waals surface area contributed by atoms with Crippen molar-refractivity contribution in [2.45, 2.75) is 19.8 Å². The van der Waals surface area contributed by atoms with Gasteiger partial charge in [-0.3, -0.25) is 4.79 Å². The number of ketones is 1. The Morgan fingerprint density at radius 3 is 2.88 bits per heavy atom. The van der Waals surface area contributed by atoms with Crippen molar-refractivity contribution >= 4 is 45.1 Å². The molecule has 0 N–H and O–H groups in total. The Balaban J connectivity index is 2.49. The van der Waals surface area contributed by atoms with E-state index in [9.17, 15) is 4.79 Å². The largest absolute Gasteiger partial charge is 0.298 e. The van der Waals surface area contributed by atoms with Crippen molar-refractivity contribution in [2.24, 2.45) is 0 Å². The number of Topliss-reactive ketones (excluding diaryl/α,β-unsaturated/α-hetero) is 1. The molecule has 0 unspecified atom stereocenters. The van der Waals surface area contributed by atoms with E-state index in [2.05, 4.69) is 22.9 Å². The Labute approximate surface area is 114 Å². The summed E-state index contributed by atoms with van der Waals surface area (Å²) >= 11 is 11.1. The fourth-order valence-corrected chi connectivity index (χ4v) is 2.76. The van der Waals surface area contributed by atoms with Crippen molar-refractivity contribution in [3.8, 4) is 0 Å². The van der Waals surface area contributed by atoms with Crippen LogP contribution in [0, 0.1) is 0 Å². The molecule has 1 aromatic carbocycles. The molecule has 0 saturated carbocycles. The second-order valence-corrected chi connectivity index (χ2v) is 5.93. The molecule has 0 radical (unpaired) electrons. The third kappa shape index (κ3) is 4.89. The van der Waals surface area contributed by atoms with Gasteiger partial charge in [-0.1, -0.05) is 40.5 Å². The standard InChI is InChI=1S/C12H14BrClOS/c1-2-5-16-8-11(15)6-9-3-4-10(13)7-12(9)14/h3-4,7H,2,5-6,8H2,1H3. The van der Waals surface area contributed by atoms with Gasteiger partial charge in [0.15, 0.2) is 0 Å². The van der Waals surface area contributed by atoms with Crippen LogP contribution in [0.15, 0.2) is 22.7 Å². The lowest BCUT2D eigenvalue weighted by Crippen LogP contribution is -2.06. The molecule has 0 amide bonds. The molecule has 4 heteroatoms. The third-order valence-corrected chi connectivity index (χ3v) is 4.08. The highest BCUT2D eigenvalue weighted by Crippen LogP contribution is 2.22. The van der Waals surface area contributed by atoms with Crippen molar-refractivity contribution in [3.05, 3.63) is 33.3 Å². The van der Waals surface area contributed by atoms with Gasteiger partial charge in [-0.15, -0.1) is 0 Å². The van der Waals surface area contributed by atoms with Gasteiger partial charge >= 0.3 is 0 Å². The summed E-state index contributed by atoms with van der Waals surface area (Å²) in [6.07, 6.45) is 1.54. The number of benzene rings is 1. The normalized spacial score (nSPS) is 10.4. The molecule has 0 fully saturated rings. The van der Waals surface area contributed by atoms with Gasteiger partial charge in [-0.2, -0.15) is 11.8 Å². The maximum absolute atomic E-state index is 11.6. The predicted molar refractivity (Wildman–Crippen MR) is 75.5 cm³/mol. The summed E-state index contributed by atoms with van der Waals surface area (Å²) in [6.45, 7) is 2.11. The van der Waals surface area contributed by atoms with Crippen LogP contribution in [0.4, 0.5) is 0 Å². The number of hydrogen-bond donors (Lipinski definition) is 0. The highest BCUT2D eigenvalue weighted by atomic mass is 79.9. The van der Waals surface area contributed by atoms with E-state index in [1.165, 1.54) is 0 Å². The molecule has 0 heterocycles. The molecule has 1 aromatic rings. The first-order valence-corrected chi connectivity index (χ1v) is 7.49. The molecule has 0 bridgehead atoms.